The van der Waals surface area contributed by atoms with E-state index in [0.29, 0.717) is 0 Å². The summed E-state index contributed by atoms with van der Waals surface area (Å²) >= 11 is 0. The second kappa shape index (κ2) is 6.72. The molecule has 0 saturated heterocycles. The van der Waals surface area contributed by atoms with Crippen LogP contribution < -0.4 is 4.74 Å². The minimum atomic E-state index is 0.747. The predicted octanol–water partition coefficient (Wildman–Crippen LogP) is 3.30. The smallest absolute Gasteiger partial charge is 0.123 e. The van der Waals surface area contributed by atoms with Crippen molar-refractivity contribution < 1.29 is 4.74 Å². The quantitative estimate of drug-likeness (QED) is 0.779. The Labute approximate surface area is 126 Å². The Balaban J connectivity index is 1.65. The Morgan fingerprint density at radius 1 is 1.14 bits per heavy atom. The summed E-state index contributed by atoms with van der Waals surface area (Å²) in [4.78, 5) is 6.66. The van der Waals surface area contributed by atoms with Crippen molar-refractivity contribution >= 4 is 0 Å². The van der Waals surface area contributed by atoms with Crippen LogP contribution in [0.2, 0.25) is 0 Å². The molecule has 1 aliphatic rings. The molecule has 1 fully saturated rings. The molecule has 0 atom stereocenters. The van der Waals surface area contributed by atoms with E-state index in [1.54, 1.807) is 7.11 Å². The first-order chi connectivity index (χ1) is 10.4. The van der Waals surface area contributed by atoms with Crippen molar-refractivity contribution in [3.05, 3.63) is 59.9 Å². The van der Waals surface area contributed by atoms with E-state index >= 15 is 0 Å². The van der Waals surface area contributed by atoms with E-state index in [1.807, 2.05) is 24.5 Å². The van der Waals surface area contributed by atoms with Gasteiger partial charge in [-0.05, 0) is 43.0 Å². The van der Waals surface area contributed by atoms with Crippen molar-refractivity contribution in [3.63, 3.8) is 0 Å². The van der Waals surface area contributed by atoms with E-state index in [4.69, 9.17) is 4.74 Å². The molecule has 1 saturated carbocycles. The topological polar surface area (TPSA) is 25.4 Å². The van der Waals surface area contributed by atoms with Gasteiger partial charge in [-0.1, -0.05) is 18.2 Å². The minimum absolute atomic E-state index is 0.747. The third-order valence-corrected chi connectivity index (χ3v) is 4.07. The molecule has 0 radical (unpaired) electrons. The molecule has 110 valence electrons. The van der Waals surface area contributed by atoms with Crippen molar-refractivity contribution in [3.8, 4) is 5.75 Å². The highest BCUT2D eigenvalue weighted by Crippen LogP contribution is 2.30. The second-order valence-electron chi connectivity index (χ2n) is 5.62. The zero-order valence-corrected chi connectivity index (χ0v) is 12.5. The number of hydrogen-bond acceptors (Lipinski definition) is 3. The summed E-state index contributed by atoms with van der Waals surface area (Å²) in [6.45, 7) is 2.06. The number of ether oxygens (including phenoxy) is 1. The van der Waals surface area contributed by atoms with Crippen LogP contribution in [0.5, 0.6) is 5.75 Å². The van der Waals surface area contributed by atoms with Crippen molar-refractivity contribution in [1.29, 1.82) is 0 Å². The summed E-state index contributed by atoms with van der Waals surface area (Å²) < 4.78 is 5.47. The Morgan fingerprint density at radius 2 is 1.90 bits per heavy atom. The van der Waals surface area contributed by atoms with Crippen molar-refractivity contribution in [1.82, 2.24) is 9.88 Å². The maximum atomic E-state index is 5.47. The highest BCUT2D eigenvalue weighted by atomic mass is 16.5. The molecular weight excluding hydrogens is 260 g/mol. The standard InChI is InChI=1S/C18H22N2O/c1-21-18-5-3-2-4-16(18)14-20(17-6-7-17)13-10-15-8-11-19-12-9-15/h2-5,8-9,11-12,17H,6-7,10,13-14H2,1H3. The number of rotatable bonds is 7. The fourth-order valence-corrected chi connectivity index (χ4v) is 2.70. The Kier molecular flexibility index (Phi) is 4.51. The van der Waals surface area contributed by atoms with Gasteiger partial charge in [0.2, 0.25) is 0 Å². The van der Waals surface area contributed by atoms with Crippen LogP contribution >= 0.6 is 0 Å². The predicted molar refractivity (Wildman–Crippen MR) is 84.4 cm³/mol. The van der Waals surface area contributed by atoms with Crippen LogP contribution in [0, 0.1) is 0 Å². The van der Waals surface area contributed by atoms with Crippen molar-refractivity contribution in [2.45, 2.75) is 31.8 Å². The number of methoxy groups -OCH3 is 1. The number of aromatic nitrogens is 1. The van der Waals surface area contributed by atoms with Gasteiger partial charge in [0.15, 0.2) is 0 Å². The maximum absolute atomic E-state index is 5.47. The fourth-order valence-electron chi connectivity index (χ4n) is 2.70. The average molecular weight is 282 g/mol. The van der Waals surface area contributed by atoms with Gasteiger partial charge in [-0.3, -0.25) is 9.88 Å². The van der Waals surface area contributed by atoms with Crippen molar-refractivity contribution in [2.24, 2.45) is 0 Å². The summed E-state index contributed by atoms with van der Waals surface area (Å²) in [6.07, 6.45) is 7.47. The zero-order valence-electron chi connectivity index (χ0n) is 12.5. The van der Waals surface area contributed by atoms with Gasteiger partial charge in [0, 0.05) is 37.1 Å². The molecule has 0 N–H and O–H groups in total. The summed E-state index contributed by atoms with van der Waals surface area (Å²) in [6, 6.07) is 13.3. The van der Waals surface area contributed by atoms with Gasteiger partial charge < -0.3 is 4.74 Å². The fraction of sp³-hybridized carbons (Fsp3) is 0.389. The van der Waals surface area contributed by atoms with Gasteiger partial charge in [0.05, 0.1) is 7.11 Å². The van der Waals surface area contributed by atoms with Crippen LogP contribution in [0.15, 0.2) is 48.8 Å². The minimum Gasteiger partial charge on any atom is -0.496 e. The third kappa shape index (κ3) is 3.82. The van der Waals surface area contributed by atoms with E-state index in [-0.39, 0.29) is 0 Å². The molecule has 0 aliphatic heterocycles. The molecule has 1 aliphatic carbocycles. The Bertz CT molecular complexity index is 566. The molecule has 1 heterocycles. The molecule has 3 rings (SSSR count). The van der Waals surface area contributed by atoms with Gasteiger partial charge in [-0.2, -0.15) is 0 Å². The van der Waals surface area contributed by atoms with Crippen LogP contribution in [0.4, 0.5) is 0 Å². The molecule has 1 aromatic carbocycles. The van der Waals surface area contributed by atoms with E-state index in [2.05, 4.69) is 34.1 Å². The van der Waals surface area contributed by atoms with E-state index < -0.39 is 0 Å². The molecular formula is C18H22N2O. The maximum Gasteiger partial charge on any atom is 0.123 e. The molecule has 0 bridgehead atoms. The van der Waals surface area contributed by atoms with Crippen molar-refractivity contribution in [2.75, 3.05) is 13.7 Å². The average Bonchev–Trinajstić information content (AvgIpc) is 3.37. The molecule has 3 heteroatoms. The first-order valence-electron chi connectivity index (χ1n) is 7.61. The largest absolute Gasteiger partial charge is 0.496 e. The Morgan fingerprint density at radius 3 is 2.62 bits per heavy atom. The Hall–Kier alpha value is -1.87. The summed E-state index contributed by atoms with van der Waals surface area (Å²) in [5.74, 6) is 0.993. The number of benzene rings is 1. The molecule has 21 heavy (non-hydrogen) atoms. The molecule has 0 amide bonds. The molecule has 3 nitrogen and oxygen atoms in total. The van der Waals surface area contributed by atoms with Gasteiger partial charge in [0.1, 0.15) is 5.75 Å². The van der Waals surface area contributed by atoms with Gasteiger partial charge in [0.25, 0.3) is 0 Å². The first-order valence-corrected chi connectivity index (χ1v) is 7.61. The summed E-state index contributed by atoms with van der Waals surface area (Å²) in [7, 11) is 1.75. The van der Waals surface area contributed by atoms with E-state index in [9.17, 15) is 0 Å². The summed E-state index contributed by atoms with van der Waals surface area (Å²) in [5.41, 5.74) is 2.64. The molecule has 0 spiro atoms. The van der Waals surface area contributed by atoms with Crippen LogP contribution in [0.25, 0.3) is 0 Å². The van der Waals surface area contributed by atoms with Gasteiger partial charge in [-0.15, -0.1) is 0 Å². The van der Waals surface area contributed by atoms with E-state index in [1.165, 1.54) is 24.0 Å². The number of para-hydroxylation sites is 1. The lowest BCUT2D eigenvalue weighted by atomic mass is 10.1. The van der Waals surface area contributed by atoms with Gasteiger partial charge in [-0.25, -0.2) is 0 Å². The molecule has 2 aromatic rings. The highest BCUT2D eigenvalue weighted by molar-refractivity contribution is 5.33. The van der Waals surface area contributed by atoms with Crippen LogP contribution in [-0.2, 0) is 13.0 Å². The monoisotopic (exact) mass is 282 g/mol. The van der Waals surface area contributed by atoms with E-state index in [0.717, 1.165) is 31.3 Å². The number of hydrogen-bond donors (Lipinski definition) is 0. The molecule has 1 aromatic heterocycles. The summed E-state index contributed by atoms with van der Waals surface area (Å²) in [5, 5.41) is 0. The lowest BCUT2D eigenvalue weighted by Gasteiger charge is -2.23. The normalized spacial score (nSPS) is 14.4. The highest BCUT2D eigenvalue weighted by Gasteiger charge is 2.29. The molecule has 0 unspecified atom stereocenters. The lowest BCUT2D eigenvalue weighted by Crippen LogP contribution is -2.28. The zero-order chi connectivity index (χ0) is 14.5. The van der Waals surface area contributed by atoms with Gasteiger partial charge >= 0.3 is 0 Å². The first kappa shape index (κ1) is 14.1. The number of pyridine rings is 1. The third-order valence-electron chi connectivity index (χ3n) is 4.07. The van der Waals surface area contributed by atoms with Crippen LogP contribution in [0.1, 0.15) is 24.0 Å². The van der Waals surface area contributed by atoms with Crippen LogP contribution in [-0.4, -0.2) is 29.6 Å². The number of nitrogens with zero attached hydrogens (tertiary/aromatic N) is 2. The lowest BCUT2D eigenvalue weighted by molar-refractivity contribution is 0.253. The SMILES string of the molecule is COc1ccccc1CN(CCc1ccncc1)C1CC1. The second-order valence-corrected chi connectivity index (χ2v) is 5.62. The van der Waals surface area contributed by atoms with Crippen LogP contribution in [0.3, 0.4) is 0 Å².